The van der Waals surface area contributed by atoms with E-state index in [1.54, 1.807) is 26.0 Å². The van der Waals surface area contributed by atoms with E-state index in [0.717, 1.165) is 16.6 Å². The van der Waals surface area contributed by atoms with Gasteiger partial charge in [-0.3, -0.25) is 4.79 Å². The third kappa shape index (κ3) is 3.63. The van der Waals surface area contributed by atoms with Crippen LogP contribution in [0.4, 0.5) is 10.3 Å². The molecule has 0 amide bonds. The molecule has 0 aliphatic rings. The molecule has 0 bridgehead atoms. The minimum atomic E-state index is -0.383. The monoisotopic (exact) mass is 341 g/mol. The number of carbonyl (C=O) groups is 1. The Morgan fingerprint density at radius 1 is 1.28 bits per heavy atom. The van der Waals surface area contributed by atoms with Gasteiger partial charge in [-0.1, -0.05) is 24.3 Å². The Kier molecular flexibility index (Phi) is 4.70. The predicted octanol–water partition coefficient (Wildman–Crippen LogP) is 4.04. The van der Waals surface area contributed by atoms with Crippen LogP contribution in [0.2, 0.25) is 0 Å². The van der Waals surface area contributed by atoms with Gasteiger partial charge in [0.1, 0.15) is 5.82 Å². The van der Waals surface area contributed by atoms with Gasteiger partial charge in [-0.15, -0.1) is 0 Å². The quantitative estimate of drug-likeness (QED) is 0.688. The summed E-state index contributed by atoms with van der Waals surface area (Å²) in [7, 11) is 1.35. The van der Waals surface area contributed by atoms with E-state index in [1.165, 1.54) is 7.11 Å². The van der Waals surface area contributed by atoms with Crippen molar-refractivity contribution in [3.05, 3.63) is 58.9 Å². The third-order valence-electron chi connectivity index (χ3n) is 4.16. The zero-order valence-electron chi connectivity index (χ0n) is 14.4. The summed E-state index contributed by atoms with van der Waals surface area (Å²) in [6.45, 7) is 3.42. The van der Waals surface area contributed by atoms with Crippen LogP contribution in [0.5, 0.6) is 0 Å². The van der Waals surface area contributed by atoms with Crippen molar-refractivity contribution in [1.29, 1.82) is 0 Å². The summed E-state index contributed by atoms with van der Waals surface area (Å²) >= 11 is 0. The van der Waals surface area contributed by atoms with Crippen molar-refractivity contribution in [2.75, 3.05) is 12.4 Å². The van der Waals surface area contributed by atoms with Crippen LogP contribution >= 0.6 is 0 Å². The summed E-state index contributed by atoms with van der Waals surface area (Å²) in [6.07, 6.45) is 0.109. The van der Waals surface area contributed by atoms with Crippen LogP contribution in [0, 0.1) is 19.7 Å². The highest BCUT2D eigenvalue weighted by Gasteiger charge is 2.20. The zero-order chi connectivity index (χ0) is 18.0. The number of esters is 1. The molecule has 0 spiro atoms. The average molecular weight is 341 g/mol. The highest BCUT2D eigenvalue weighted by molar-refractivity contribution is 5.77. The second-order valence-corrected chi connectivity index (χ2v) is 6.05. The molecule has 0 saturated heterocycles. The molecule has 1 heterocycles. The Labute approximate surface area is 145 Å². The smallest absolute Gasteiger partial charge is 0.307 e. The first-order chi connectivity index (χ1) is 12.0. The molecule has 0 fully saturated rings. The number of para-hydroxylation sites is 2. The second kappa shape index (κ2) is 6.93. The van der Waals surface area contributed by atoms with Crippen LogP contribution < -0.4 is 5.32 Å². The Morgan fingerprint density at radius 3 is 2.60 bits per heavy atom. The van der Waals surface area contributed by atoms with Gasteiger partial charge < -0.3 is 15.0 Å². The molecule has 5 nitrogen and oxygen atoms in total. The molecule has 3 rings (SSSR count). The molecule has 3 aromatic rings. The van der Waals surface area contributed by atoms with Gasteiger partial charge in [-0.25, -0.2) is 9.37 Å². The van der Waals surface area contributed by atoms with Crippen LogP contribution in [0.1, 0.15) is 29.2 Å². The molecular formula is C19H20FN3O2. The molecule has 0 aliphatic heterocycles. The number of anilines is 1. The summed E-state index contributed by atoms with van der Waals surface area (Å²) < 4.78 is 18.7. The normalized spacial score (nSPS) is 12.2. The van der Waals surface area contributed by atoms with Crippen molar-refractivity contribution in [3.63, 3.8) is 0 Å². The van der Waals surface area contributed by atoms with Gasteiger partial charge in [0.05, 0.1) is 30.6 Å². The number of aromatic amines is 1. The Hall–Kier alpha value is -2.89. The number of halogens is 1. The van der Waals surface area contributed by atoms with Gasteiger partial charge in [-0.05, 0) is 42.7 Å². The fraction of sp³-hybridized carbons (Fsp3) is 0.263. The van der Waals surface area contributed by atoms with Crippen molar-refractivity contribution >= 4 is 23.0 Å². The molecule has 1 aromatic heterocycles. The number of carbonyl (C=O) groups excluding carboxylic acids is 1. The summed E-state index contributed by atoms with van der Waals surface area (Å²) in [5.74, 6) is -0.0349. The first-order valence-corrected chi connectivity index (χ1v) is 8.02. The van der Waals surface area contributed by atoms with Gasteiger partial charge >= 0.3 is 5.97 Å². The summed E-state index contributed by atoms with van der Waals surface area (Å²) in [4.78, 5) is 19.5. The van der Waals surface area contributed by atoms with Crippen molar-refractivity contribution in [1.82, 2.24) is 9.97 Å². The van der Waals surface area contributed by atoms with Gasteiger partial charge in [0.25, 0.3) is 0 Å². The molecule has 0 saturated carbocycles. The number of rotatable bonds is 5. The summed E-state index contributed by atoms with van der Waals surface area (Å²) in [6, 6.07) is 10.8. The lowest BCUT2D eigenvalue weighted by atomic mass is 9.98. The zero-order valence-corrected chi connectivity index (χ0v) is 14.4. The van der Waals surface area contributed by atoms with E-state index in [1.807, 2.05) is 24.3 Å². The third-order valence-corrected chi connectivity index (χ3v) is 4.16. The lowest BCUT2D eigenvalue weighted by Crippen LogP contribution is -2.17. The van der Waals surface area contributed by atoms with Crippen molar-refractivity contribution < 1.29 is 13.9 Å². The molecule has 130 valence electrons. The van der Waals surface area contributed by atoms with Crippen LogP contribution in [-0.2, 0) is 9.53 Å². The largest absolute Gasteiger partial charge is 0.469 e. The number of fused-ring (bicyclic) bond motifs is 1. The fourth-order valence-corrected chi connectivity index (χ4v) is 2.87. The molecule has 1 atom stereocenters. The standard InChI is InChI=1S/C19H20FN3O2/c1-11-8-13(9-12(2)18(11)20)16(10-17(24)25-3)23-19-21-14-6-4-5-7-15(14)22-19/h4-9,16H,10H2,1-3H3,(H2,21,22,23). The van der Waals surface area contributed by atoms with Crippen LogP contribution in [0.15, 0.2) is 36.4 Å². The van der Waals surface area contributed by atoms with Crippen molar-refractivity contribution in [2.45, 2.75) is 26.3 Å². The SMILES string of the molecule is COC(=O)CC(Nc1nc2ccccc2[nH]1)c1cc(C)c(F)c(C)c1. The van der Waals surface area contributed by atoms with E-state index in [0.29, 0.717) is 17.1 Å². The van der Waals surface area contributed by atoms with Crippen molar-refractivity contribution in [3.8, 4) is 0 Å². The molecule has 1 unspecified atom stereocenters. The van der Waals surface area contributed by atoms with Crippen LogP contribution in [0.3, 0.4) is 0 Å². The van der Waals surface area contributed by atoms with Gasteiger partial charge in [0, 0.05) is 0 Å². The Bertz CT molecular complexity index is 864. The van der Waals surface area contributed by atoms with E-state index in [-0.39, 0.29) is 24.2 Å². The number of methoxy groups -OCH3 is 1. The Balaban J connectivity index is 1.95. The number of aromatic nitrogens is 2. The summed E-state index contributed by atoms with van der Waals surface area (Å²) in [5, 5.41) is 3.23. The lowest BCUT2D eigenvalue weighted by molar-refractivity contribution is -0.140. The summed E-state index contributed by atoms with van der Waals surface area (Å²) in [5.41, 5.74) is 3.61. The number of H-pyrrole nitrogens is 1. The molecular weight excluding hydrogens is 321 g/mol. The number of ether oxygens (including phenoxy) is 1. The molecule has 0 radical (unpaired) electrons. The van der Waals surface area contributed by atoms with Gasteiger partial charge in [0.15, 0.2) is 0 Å². The van der Waals surface area contributed by atoms with Crippen LogP contribution in [0.25, 0.3) is 11.0 Å². The molecule has 2 N–H and O–H groups in total. The lowest BCUT2D eigenvalue weighted by Gasteiger charge is -2.19. The number of nitrogens with one attached hydrogen (secondary N) is 2. The average Bonchev–Trinajstić information content (AvgIpc) is 3.00. The van der Waals surface area contributed by atoms with E-state index in [4.69, 9.17) is 4.74 Å². The Morgan fingerprint density at radius 2 is 1.96 bits per heavy atom. The molecule has 2 aromatic carbocycles. The van der Waals surface area contributed by atoms with Crippen molar-refractivity contribution in [2.24, 2.45) is 0 Å². The molecule has 25 heavy (non-hydrogen) atoms. The topological polar surface area (TPSA) is 67.0 Å². The van der Waals surface area contributed by atoms with E-state index < -0.39 is 0 Å². The predicted molar refractivity (Wildman–Crippen MR) is 95.0 cm³/mol. The second-order valence-electron chi connectivity index (χ2n) is 6.05. The maximum Gasteiger partial charge on any atom is 0.307 e. The number of aryl methyl sites for hydroxylation is 2. The molecule has 0 aliphatic carbocycles. The van der Waals surface area contributed by atoms with E-state index in [9.17, 15) is 9.18 Å². The highest BCUT2D eigenvalue weighted by Crippen LogP contribution is 2.26. The number of hydrogen-bond donors (Lipinski definition) is 2. The van der Waals surface area contributed by atoms with Gasteiger partial charge in [-0.2, -0.15) is 0 Å². The number of benzene rings is 2. The first-order valence-electron chi connectivity index (χ1n) is 8.02. The number of imidazole rings is 1. The van der Waals surface area contributed by atoms with Crippen LogP contribution in [-0.4, -0.2) is 23.0 Å². The first kappa shape index (κ1) is 17.0. The highest BCUT2D eigenvalue weighted by atomic mass is 19.1. The molecule has 6 heteroatoms. The van der Waals surface area contributed by atoms with E-state index in [2.05, 4.69) is 15.3 Å². The maximum absolute atomic E-state index is 13.9. The number of nitrogens with zero attached hydrogens (tertiary/aromatic N) is 1. The minimum Gasteiger partial charge on any atom is -0.469 e. The maximum atomic E-state index is 13.9. The van der Waals surface area contributed by atoms with E-state index >= 15 is 0 Å². The fourth-order valence-electron chi connectivity index (χ4n) is 2.87. The minimum absolute atomic E-state index is 0.109. The number of hydrogen-bond acceptors (Lipinski definition) is 4. The van der Waals surface area contributed by atoms with Gasteiger partial charge in [0.2, 0.25) is 5.95 Å².